The molecule has 0 saturated heterocycles. The Balaban J connectivity index is 2.89. The monoisotopic (exact) mass is 201 g/mol. The quantitative estimate of drug-likeness (QED) is 0.634. The summed E-state index contributed by atoms with van der Waals surface area (Å²) < 4.78 is 0. The van der Waals surface area contributed by atoms with Gasteiger partial charge < -0.3 is 15.1 Å². The highest BCUT2D eigenvalue weighted by atomic mass is 16.4. The van der Waals surface area contributed by atoms with Gasteiger partial charge in [0, 0.05) is 6.04 Å². The van der Waals surface area contributed by atoms with Crippen LogP contribution in [0.3, 0.4) is 0 Å². The zero-order valence-electron chi connectivity index (χ0n) is 8.52. The van der Waals surface area contributed by atoms with Crippen LogP contribution in [0.2, 0.25) is 0 Å². The smallest absolute Gasteiger partial charge is 0.321 e. The third kappa shape index (κ3) is 1.19. The Labute approximate surface area is 82.3 Å². The molecule has 0 heterocycles. The lowest BCUT2D eigenvalue weighted by Gasteiger charge is -2.50. The first kappa shape index (κ1) is 11.0. The molecule has 5 heteroatoms. The molecule has 0 aliphatic heterocycles. The second-order valence-electron chi connectivity index (χ2n) is 4.11. The highest BCUT2D eigenvalue weighted by Crippen LogP contribution is 2.48. The van der Waals surface area contributed by atoms with E-state index in [0.717, 1.165) is 0 Å². The lowest BCUT2D eigenvalue weighted by atomic mass is 9.57. The van der Waals surface area contributed by atoms with Crippen LogP contribution in [0.4, 0.5) is 0 Å². The molecule has 2 N–H and O–H groups in total. The minimum absolute atomic E-state index is 0.0437. The second kappa shape index (κ2) is 3.24. The minimum atomic E-state index is -1.57. The number of hydrogen-bond acceptors (Lipinski definition) is 3. The van der Waals surface area contributed by atoms with Crippen molar-refractivity contribution in [3.63, 3.8) is 0 Å². The molecule has 0 aromatic carbocycles. The standard InChI is InChI=1S/C9H15NO4/c1-5-6(10(2)3)4-9(5,7(11)12)8(13)14/h5-6H,4H2,1-3H3,(H,11,12)(H,13,14). The fourth-order valence-corrected chi connectivity index (χ4v) is 2.15. The van der Waals surface area contributed by atoms with E-state index in [1.165, 1.54) is 0 Å². The second-order valence-corrected chi connectivity index (χ2v) is 4.11. The van der Waals surface area contributed by atoms with Gasteiger partial charge in [0.15, 0.2) is 5.41 Å². The molecule has 0 spiro atoms. The Bertz CT molecular complexity index is 260. The predicted octanol–water partition coefficient (Wildman–Crippen LogP) is 0.112. The van der Waals surface area contributed by atoms with Gasteiger partial charge in [0.25, 0.3) is 0 Å². The van der Waals surface area contributed by atoms with Crippen molar-refractivity contribution in [3.8, 4) is 0 Å². The van der Waals surface area contributed by atoms with Crippen LogP contribution >= 0.6 is 0 Å². The highest BCUT2D eigenvalue weighted by molar-refractivity contribution is 6.00. The Morgan fingerprint density at radius 2 is 1.71 bits per heavy atom. The number of aliphatic carboxylic acids is 2. The normalized spacial score (nSPS) is 29.7. The molecule has 1 aliphatic rings. The molecule has 0 radical (unpaired) electrons. The third-order valence-corrected chi connectivity index (χ3v) is 3.31. The van der Waals surface area contributed by atoms with Gasteiger partial charge >= 0.3 is 11.9 Å². The molecular formula is C9H15NO4. The fourth-order valence-electron chi connectivity index (χ4n) is 2.15. The molecule has 2 atom stereocenters. The summed E-state index contributed by atoms with van der Waals surface area (Å²) in [4.78, 5) is 23.7. The van der Waals surface area contributed by atoms with Crippen molar-refractivity contribution in [1.29, 1.82) is 0 Å². The molecule has 0 amide bonds. The molecular weight excluding hydrogens is 186 g/mol. The molecule has 0 bridgehead atoms. The molecule has 14 heavy (non-hydrogen) atoms. The molecule has 0 aromatic rings. The molecule has 1 saturated carbocycles. The Morgan fingerprint density at radius 1 is 1.29 bits per heavy atom. The predicted molar refractivity (Wildman–Crippen MR) is 49.0 cm³/mol. The molecule has 5 nitrogen and oxygen atoms in total. The van der Waals surface area contributed by atoms with Gasteiger partial charge in [-0.2, -0.15) is 0 Å². The van der Waals surface area contributed by atoms with Crippen molar-refractivity contribution in [2.45, 2.75) is 19.4 Å². The first-order valence-electron chi connectivity index (χ1n) is 4.47. The van der Waals surface area contributed by atoms with Gasteiger partial charge in [-0.25, -0.2) is 0 Å². The third-order valence-electron chi connectivity index (χ3n) is 3.31. The lowest BCUT2D eigenvalue weighted by Crippen LogP contribution is -2.63. The molecule has 1 aliphatic carbocycles. The Morgan fingerprint density at radius 3 is 1.93 bits per heavy atom. The van der Waals surface area contributed by atoms with Gasteiger partial charge in [-0.1, -0.05) is 6.92 Å². The van der Waals surface area contributed by atoms with Gasteiger partial charge in [0.1, 0.15) is 0 Å². The van der Waals surface area contributed by atoms with Gasteiger partial charge in [0.2, 0.25) is 0 Å². The van der Waals surface area contributed by atoms with Crippen LogP contribution < -0.4 is 0 Å². The maximum absolute atomic E-state index is 10.9. The van der Waals surface area contributed by atoms with Crippen LogP contribution in [0.15, 0.2) is 0 Å². The number of nitrogens with zero attached hydrogens (tertiary/aromatic N) is 1. The van der Waals surface area contributed by atoms with Crippen molar-refractivity contribution >= 4 is 11.9 Å². The Hall–Kier alpha value is -1.10. The molecule has 1 fully saturated rings. The van der Waals surface area contributed by atoms with Crippen LogP contribution in [0.25, 0.3) is 0 Å². The number of carboxylic acid groups (broad SMARTS) is 2. The van der Waals surface area contributed by atoms with E-state index in [-0.39, 0.29) is 18.4 Å². The molecule has 80 valence electrons. The van der Waals surface area contributed by atoms with Crippen LogP contribution in [0.5, 0.6) is 0 Å². The van der Waals surface area contributed by atoms with E-state index in [9.17, 15) is 9.59 Å². The lowest BCUT2D eigenvalue weighted by molar-refractivity contribution is -0.185. The summed E-state index contributed by atoms with van der Waals surface area (Å²) in [5.74, 6) is -2.81. The fraction of sp³-hybridized carbons (Fsp3) is 0.778. The number of carboxylic acids is 2. The van der Waals surface area contributed by atoms with Crippen LogP contribution in [-0.4, -0.2) is 47.2 Å². The first-order valence-corrected chi connectivity index (χ1v) is 4.47. The number of rotatable bonds is 3. The van der Waals surface area contributed by atoms with E-state index in [4.69, 9.17) is 10.2 Å². The molecule has 2 unspecified atom stereocenters. The summed E-state index contributed by atoms with van der Waals surface area (Å²) in [5, 5.41) is 17.8. The van der Waals surface area contributed by atoms with E-state index in [0.29, 0.717) is 0 Å². The largest absolute Gasteiger partial charge is 0.480 e. The van der Waals surface area contributed by atoms with Gasteiger partial charge in [-0.3, -0.25) is 9.59 Å². The van der Waals surface area contributed by atoms with E-state index < -0.39 is 17.4 Å². The van der Waals surface area contributed by atoms with Crippen molar-refractivity contribution in [3.05, 3.63) is 0 Å². The van der Waals surface area contributed by atoms with Crippen molar-refractivity contribution in [1.82, 2.24) is 4.90 Å². The summed E-state index contributed by atoms with van der Waals surface area (Å²) in [6.45, 7) is 1.68. The van der Waals surface area contributed by atoms with E-state index in [2.05, 4.69) is 0 Å². The topological polar surface area (TPSA) is 77.8 Å². The van der Waals surface area contributed by atoms with E-state index in [1.54, 1.807) is 6.92 Å². The summed E-state index contributed by atoms with van der Waals surface area (Å²) in [6, 6.07) is 0.0437. The number of carbonyl (C=O) groups is 2. The first-order chi connectivity index (χ1) is 6.34. The zero-order valence-corrected chi connectivity index (χ0v) is 8.52. The van der Waals surface area contributed by atoms with Gasteiger partial charge in [-0.05, 0) is 26.4 Å². The molecule has 0 aromatic heterocycles. The van der Waals surface area contributed by atoms with Crippen LogP contribution in [0, 0.1) is 11.3 Å². The van der Waals surface area contributed by atoms with E-state index in [1.807, 2.05) is 19.0 Å². The van der Waals surface area contributed by atoms with Gasteiger partial charge in [-0.15, -0.1) is 0 Å². The summed E-state index contributed by atoms with van der Waals surface area (Å²) in [6.07, 6.45) is 0.186. The number of hydrogen-bond donors (Lipinski definition) is 2. The zero-order chi connectivity index (χ0) is 11.1. The maximum atomic E-state index is 10.9. The van der Waals surface area contributed by atoms with Crippen molar-refractivity contribution < 1.29 is 19.8 Å². The average Bonchev–Trinajstić information content (AvgIpc) is 2.00. The van der Waals surface area contributed by atoms with Crippen molar-refractivity contribution in [2.24, 2.45) is 11.3 Å². The molecule has 1 rings (SSSR count). The van der Waals surface area contributed by atoms with Crippen molar-refractivity contribution in [2.75, 3.05) is 14.1 Å². The van der Waals surface area contributed by atoms with Gasteiger partial charge in [0.05, 0.1) is 0 Å². The van der Waals surface area contributed by atoms with E-state index >= 15 is 0 Å². The summed E-state index contributed by atoms with van der Waals surface area (Å²) in [5.41, 5.74) is -1.57. The summed E-state index contributed by atoms with van der Waals surface area (Å²) >= 11 is 0. The Kier molecular flexibility index (Phi) is 2.54. The highest BCUT2D eigenvalue weighted by Gasteiger charge is 2.63. The average molecular weight is 201 g/mol. The van der Waals surface area contributed by atoms with Crippen LogP contribution in [0.1, 0.15) is 13.3 Å². The SMILES string of the molecule is CC1C(N(C)C)CC1(C(=O)O)C(=O)O. The maximum Gasteiger partial charge on any atom is 0.321 e. The minimum Gasteiger partial charge on any atom is -0.480 e. The van der Waals surface area contributed by atoms with Crippen LogP contribution in [-0.2, 0) is 9.59 Å². The summed E-state index contributed by atoms with van der Waals surface area (Å²) in [7, 11) is 3.66.